The monoisotopic (exact) mass is 610 g/mol. The van der Waals surface area contributed by atoms with E-state index in [0.29, 0.717) is 33.8 Å². The largest absolute Gasteiger partial charge is 0.493 e. The van der Waals surface area contributed by atoms with Gasteiger partial charge in [0, 0.05) is 0 Å². The second-order valence-corrected chi connectivity index (χ2v) is 9.26. The fraction of sp³-hybridized carbons (Fsp3) is 0.103. The van der Waals surface area contributed by atoms with Crippen LogP contribution < -0.4 is 14.9 Å². The molecular formula is C29H24FIN2O4. The van der Waals surface area contributed by atoms with E-state index in [1.165, 1.54) is 25.5 Å². The van der Waals surface area contributed by atoms with Crippen molar-refractivity contribution in [2.45, 2.75) is 12.2 Å². The lowest BCUT2D eigenvalue weighted by Crippen LogP contribution is -2.43. The van der Waals surface area contributed by atoms with Crippen molar-refractivity contribution in [3.05, 3.63) is 129 Å². The van der Waals surface area contributed by atoms with E-state index < -0.39 is 11.5 Å². The summed E-state index contributed by atoms with van der Waals surface area (Å²) in [5, 5.41) is 15.6. The first kappa shape index (κ1) is 26.3. The number of hydrogen-bond donors (Lipinski definition) is 2. The molecule has 2 N–H and O–H groups in total. The fourth-order valence-corrected chi connectivity index (χ4v) is 4.55. The van der Waals surface area contributed by atoms with Gasteiger partial charge in [0.25, 0.3) is 5.91 Å². The van der Waals surface area contributed by atoms with Crippen LogP contribution in [-0.4, -0.2) is 24.3 Å². The Morgan fingerprint density at radius 2 is 1.65 bits per heavy atom. The molecule has 0 spiro atoms. The number of benzene rings is 4. The first-order valence-corrected chi connectivity index (χ1v) is 12.4. The maximum atomic E-state index is 13.5. The predicted octanol–water partition coefficient (Wildman–Crippen LogP) is 5.40. The van der Waals surface area contributed by atoms with Crippen molar-refractivity contribution in [2.24, 2.45) is 5.10 Å². The quantitative estimate of drug-likeness (QED) is 0.151. The summed E-state index contributed by atoms with van der Waals surface area (Å²) < 4.78 is 25.6. The van der Waals surface area contributed by atoms with Crippen molar-refractivity contribution in [2.75, 3.05) is 7.11 Å². The van der Waals surface area contributed by atoms with Crippen LogP contribution in [0.2, 0.25) is 0 Å². The third kappa shape index (κ3) is 6.15. The SMILES string of the molecule is COc1cc(/C=N\NC(=O)C(O)(c2ccccc2)c2ccccc2)cc(I)c1OCc1cccc(F)c1. The maximum Gasteiger partial charge on any atom is 0.281 e. The summed E-state index contributed by atoms with van der Waals surface area (Å²) >= 11 is 2.11. The van der Waals surface area contributed by atoms with Crippen LogP contribution in [0.5, 0.6) is 11.5 Å². The lowest BCUT2D eigenvalue weighted by atomic mass is 9.85. The number of nitrogens with one attached hydrogen (secondary N) is 1. The van der Waals surface area contributed by atoms with Gasteiger partial charge in [-0.15, -0.1) is 0 Å². The van der Waals surface area contributed by atoms with Gasteiger partial charge in [0.05, 0.1) is 16.9 Å². The Morgan fingerprint density at radius 1 is 1.00 bits per heavy atom. The van der Waals surface area contributed by atoms with Gasteiger partial charge in [0.2, 0.25) is 0 Å². The summed E-state index contributed by atoms with van der Waals surface area (Å²) in [5.74, 6) is -0.0575. The van der Waals surface area contributed by atoms with E-state index in [1.54, 1.807) is 72.8 Å². The highest BCUT2D eigenvalue weighted by atomic mass is 127. The lowest BCUT2D eigenvalue weighted by Gasteiger charge is -2.27. The van der Waals surface area contributed by atoms with Crippen molar-refractivity contribution >= 4 is 34.7 Å². The van der Waals surface area contributed by atoms with Gasteiger partial charge in [0.1, 0.15) is 12.4 Å². The maximum absolute atomic E-state index is 13.5. The van der Waals surface area contributed by atoms with Gasteiger partial charge in [-0.2, -0.15) is 5.10 Å². The van der Waals surface area contributed by atoms with Crippen LogP contribution in [0.1, 0.15) is 22.3 Å². The Morgan fingerprint density at radius 3 is 2.24 bits per heavy atom. The topological polar surface area (TPSA) is 80.2 Å². The van der Waals surface area contributed by atoms with Gasteiger partial charge in [0.15, 0.2) is 17.1 Å². The summed E-state index contributed by atoms with van der Waals surface area (Å²) in [6, 6.07) is 27.1. The average molecular weight is 610 g/mol. The molecule has 0 atom stereocenters. The van der Waals surface area contributed by atoms with Crippen molar-refractivity contribution in [1.82, 2.24) is 5.43 Å². The molecule has 4 rings (SSSR count). The zero-order valence-electron chi connectivity index (χ0n) is 19.9. The highest BCUT2D eigenvalue weighted by molar-refractivity contribution is 14.1. The minimum absolute atomic E-state index is 0.172. The Hall–Kier alpha value is -3.76. The number of nitrogens with zero attached hydrogens (tertiary/aromatic N) is 1. The summed E-state index contributed by atoms with van der Waals surface area (Å²) in [6.45, 7) is 0.172. The Bertz CT molecular complexity index is 1360. The summed E-state index contributed by atoms with van der Waals surface area (Å²) in [7, 11) is 1.52. The average Bonchev–Trinajstić information content (AvgIpc) is 2.92. The smallest absolute Gasteiger partial charge is 0.281 e. The van der Waals surface area contributed by atoms with E-state index in [4.69, 9.17) is 9.47 Å². The molecule has 37 heavy (non-hydrogen) atoms. The molecule has 188 valence electrons. The third-order valence-electron chi connectivity index (χ3n) is 5.62. The zero-order valence-corrected chi connectivity index (χ0v) is 22.1. The molecule has 0 unspecified atom stereocenters. The second-order valence-electron chi connectivity index (χ2n) is 8.09. The van der Waals surface area contributed by atoms with E-state index in [0.717, 1.165) is 3.57 Å². The van der Waals surface area contributed by atoms with Crippen LogP contribution >= 0.6 is 22.6 Å². The van der Waals surface area contributed by atoms with Crippen LogP contribution in [0, 0.1) is 9.39 Å². The zero-order chi connectivity index (χ0) is 26.3. The molecule has 0 heterocycles. The van der Waals surface area contributed by atoms with Crippen LogP contribution in [0.3, 0.4) is 0 Å². The minimum Gasteiger partial charge on any atom is -0.493 e. The minimum atomic E-state index is -1.93. The highest BCUT2D eigenvalue weighted by Gasteiger charge is 2.39. The molecule has 0 radical (unpaired) electrons. The number of carbonyl (C=O) groups excluding carboxylic acids is 1. The number of rotatable bonds is 9. The molecule has 6 nitrogen and oxygen atoms in total. The number of carbonyl (C=O) groups is 1. The normalized spacial score (nSPS) is 11.4. The Balaban J connectivity index is 1.52. The van der Waals surface area contributed by atoms with Crippen molar-refractivity contribution < 1.29 is 23.8 Å². The van der Waals surface area contributed by atoms with E-state index in [1.807, 2.05) is 12.1 Å². The lowest BCUT2D eigenvalue weighted by molar-refractivity contribution is -0.136. The molecule has 0 aromatic heterocycles. The third-order valence-corrected chi connectivity index (χ3v) is 6.42. The van der Waals surface area contributed by atoms with Gasteiger partial charge < -0.3 is 14.6 Å². The number of methoxy groups -OCH3 is 1. The summed E-state index contributed by atoms with van der Waals surface area (Å²) in [4.78, 5) is 13.2. The van der Waals surface area contributed by atoms with Gasteiger partial charge in [-0.05, 0) is 69.1 Å². The van der Waals surface area contributed by atoms with Crippen molar-refractivity contribution in [3.63, 3.8) is 0 Å². The van der Waals surface area contributed by atoms with Gasteiger partial charge in [-0.1, -0.05) is 72.8 Å². The summed E-state index contributed by atoms with van der Waals surface area (Å²) in [5.41, 5.74) is 2.71. The molecule has 0 fully saturated rings. The molecule has 0 aliphatic rings. The molecule has 0 saturated heterocycles. The standard InChI is InChI=1S/C29H24FIN2O4/c1-36-26-17-21(16-25(31)27(26)37-19-20-9-8-14-24(30)15-20)18-32-33-28(34)29(35,22-10-4-2-5-11-22)23-12-6-3-7-13-23/h2-18,35H,19H2,1H3,(H,33,34)/b32-18-. The van der Waals surface area contributed by atoms with Crippen LogP contribution in [-0.2, 0) is 17.0 Å². The Labute approximate surface area is 227 Å². The van der Waals surface area contributed by atoms with Gasteiger partial charge >= 0.3 is 0 Å². The van der Waals surface area contributed by atoms with Crippen LogP contribution in [0.4, 0.5) is 4.39 Å². The van der Waals surface area contributed by atoms with E-state index in [-0.39, 0.29) is 12.4 Å². The number of hydrogen-bond acceptors (Lipinski definition) is 5. The van der Waals surface area contributed by atoms with Gasteiger partial charge in [-0.3, -0.25) is 4.79 Å². The fourth-order valence-electron chi connectivity index (χ4n) is 3.77. The number of aliphatic hydroxyl groups is 1. The molecule has 8 heteroatoms. The van der Waals surface area contributed by atoms with Crippen LogP contribution in [0.25, 0.3) is 0 Å². The molecular weight excluding hydrogens is 586 g/mol. The second kappa shape index (κ2) is 12.0. The number of hydrazone groups is 1. The van der Waals surface area contributed by atoms with E-state index in [9.17, 15) is 14.3 Å². The number of amides is 1. The number of halogens is 2. The van der Waals surface area contributed by atoms with Crippen molar-refractivity contribution in [1.29, 1.82) is 0 Å². The highest BCUT2D eigenvalue weighted by Crippen LogP contribution is 2.34. The van der Waals surface area contributed by atoms with Crippen LogP contribution in [0.15, 0.2) is 102 Å². The molecule has 0 bridgehead atoms. The number of ether oxygens (including phenoxy) is 2. The molecule has 0 aliphatic heterocycles. The first-order valence-electron chi connectivity index (χ1n) is 11.3. The van der Waals surface area contributed by atoms with Crippen molar-refractivity contribution in [3.8, 4) is 11.5 Å². The molecule has 0 saturated carbocycles. The van der Waals surface area contributed by atoms with E-state index in [2.05, 4.69) is 33.1 Å². The van der Waals surface area contributed by atoms with Gasteiger partial charge in [-0.25, -0.2) is 9.82 Å². The summed E-state index contributed by atoms with van der Waals surface area (Å²) in [6.07, 6.45) is 1.45. The molecule has 4 aromatic rings. The Kier molecular flexibility index (Phi) is 8.52. The first-order chi connectivity index (χ1) is 17.9. The van der Waals surface area contributed by atoms with E-state index >= 15 is 0 Å². The predicted molar refractivity (Wildman–Crippen MR) is 148 cm³/mol. The molecule has 1 amide bonds. The molecule has 0 aliphatic carbocycles. The molecule has 4 aromatic carbocycles.